The molecule has 3 N–H and O–H groups in total. The van der Waals surface area contributed by atoms with Gasteiger partial charge in [0, 0.05) is 17.6 Å². The summed E-state index contributed by atoms with van der Waals surface area (Å²) < 4.78 is 45.6. The first-order valence-corrected chi connectivity index (χ1v) is 17.7. The number of imidazole rings is 1. The van der Waals surface area contributed by atoms with E-state index in [1.165, 1.54) is 10.9 Å². The molecule has 5 atom stereocenters. The van der Waals surface area contributed by atoms with Gasteiger partial charge in [-0.25, -0.2) is 14.5 Å². The van der Waals surface area contributed by atoms with Crippen molar-refractivity contribution in [1.29, 1.82) is 0 Å². The van der Waals surface area contributed by atoms with Crippen molar-refractivity contribution < 1.29 is 37.2 Å². The monoisotopic (exact) mass is 684 g/mol. The summed E-state index contributed by atoms with van der Waals surface area (Å²) >= 11 is 13.1. The number of hydrogen-bond acceptors (Lipinski definition) is 13. The van der Waals surface area contributed by atoms with Crippen LogP contribution in [0.5, 0.6) is 5.88 Å². The number of nitrogens with two attached hydrogens (primary N) is 1. The summed E-state index contributed by atoms with van der Waals surface area (Å²) in [6, 6.07) is -0.871. The molecule has 0 bridgehead atoms. The molecule has 0 radical (unpaired) electrons. The Kier molecular flexibility index (Phi) is 12.2. The maximum Gasteiger partial charge on any atom is 0.323 e. The third-order valence-corrected chi connectivity index (χ3v) is 10.1. The molecule has 1 aliphatic rings. The standard InChI is InChI=1S/C25H39ClFN6O7PS2/c1-8-36-19-17-18(30-23(28)31-19)33(13-29-17)21-25(26,27)11-16(40-21)12-38-41(42,32-15(4)20(34)39-14(2)3)37-9-10-43-22(35)24(5,6)7/h13-16,21H,8-12H2,1-7H3,(H,32,42)(H2,28,30,31). The van der Waals surface area contributed by atoms with Crippen molar-refractivity contribution in [3.63, 3.8) is 0 Å². The van der Waals surface area contributed by atoms with Gasteiger partial charge >= 0.3 is 5.97 Å². The number of aromatic nitrogens is 4. The van der Waals surface area contributed by atoms with E-state index in [1.54, 1.807) is 27.7 Å². The van der Waals surface area contributed by atoms with E-state index < -0.39 is 41.5 Å². The number of nitrogen functional groups attached to an aromatic ring is 1. The molecule has 3 rings (SSSR count). The van der Waals surface area contributed by atoms with Gasteiger partial charge in [0.1, 0.15) is 6.04 Å². The molecule has 0 aliphatic carbocycles. The number of esters is 1. The maximum absolute atomic E-state index is 15.7. The van der Waals surface area contributed by atoms with Crippen LogP contribution >= 0.6 is 30.0 Å². The van der Waals surface area contributed by atoms with Crippen molar-refractivity contribution in [2.75, 3.05) is 31.3 Å². The zero-order valence-corrected chi connectivity index (χ0v) is 28.4. The molecular weight excluding hydrogens is 646 g/mol. The zero-order chi connectivity index (χ0) is 32.2. The first kappa shape index (κ1) is 35.8. The fraction of sp³-hybridized carbons (Fsp3) is 0.720. The van der Waals surface area contributed by atoms with Gasteiger partial charge in [-0.1, -0.05) is 44.1 Å². The Morgan fingerprint density at radius 2 is 2.05 bits per heavy atom. The molecule has 0 aromatic carbocycles. The number of rotatable bonds is 14. The van der Waals surface area contributed by atoms with Crippen LogP contribution in [0.2, 0.25) is 0 Å². The first-order chi connectivity index (χ1) is 20.0. The van der Waals surface area contributed by atoms with Crippen molar-refractivity contribution >= 4 is 70.0 Å². The lowest BCUT2D eigenvalue weighted by atomic mass is 10.00. The van der Waals surface area contributed by atoms with Gasteiger partial charge in [0.15, 0.2) is 22.5 Å². The maximum atomic E-state index is 15.7. The highest BCUT2D eigenvalue weighted by Gasteiger charge is 2.50. The number of nitrogens with zero attached hydrogens (tertiary/aromatic N) is 4. The molecule has 1 saturated heterocycles. The van der Waals surface area contributed by atoms with E-state index in [0.29, 0.717) is 12.4 Å². The largest absolute Gasteiger partial charge is 0.476 e. The molecule has 5 unspecified atom stereocenters. The summed E-state index contributed by atoms with van der Waals surface area (Å²) in [7, 11) is 0. The topological polar surface area (TPSA) is 162 Å². The van der Waals surface area contributed by atoms with Crippen molar-refractivity contribution in [3.05, 3.63) is 6.33 Å². The number of halogens is 2. The van der Waals surface area contributed by atoms with E-state index in [9.17, 15) is 9.59 Å². The van der Waals surface area contributed by atoms with Gasteiger partial charge in [0.05, 0.1) is 38.4 Å². The highest BCUT2D eigenvalue weighted by Crippen LogP contribution is 2.49. The molecular formula is C25H39ClFN6O7PS2. The minimum absolute atomic E-state index is 0.00798. The van der Waals surface area contributed by atoms with E-state index in [0.717, 1.165) is 11.8 Å². The summed E-state index contributed by atoms with van der Waals surface area (Å²) in [6.07, 6.45) is -1.50. The van der Waals surface area contributed by atoms with Crippen LogP contribution in [0.3, 0.4) is 0 Å². The van der Waals surface area contributed by atoms with E-state index in [4.69, 9.17) is 52.4 Å². The Labute approximate surface area is 264 Å². The second kappa shape index (κ2) is 14.6. The summed E-state index contributed by atoms with van der Waals surface area (Å²) in [5.74, 6) is -0.179. The lowest BCUT2D eigenvalue weighted by Crippen LogP contribution is -2.36. The van der Waals surface area contributed by atoms with Gasteiger partial charge in [0.25, 0.3) is 6.64 Å². The second-order valence-corrected chi connectivity index (χ2v) is 16.0. The molecule has 242 valence electrons. The van der Waals surface area contributed by atoms with Gasteiger partial charge in [-0.15, -0.1) is 0 Å². The van der Waals surface area contributed by atoms with Crippen LogP contribution in [-0.4, -0.2) is 79.6 Å². The summed E-state index contributed by atoms with van der Waals surface area (Å²) in [4.78, 5) is 37.2. The van der Waals surface area contributed by atoms with E-state index in [2.05, 4.69) is 20.0 Å². The molecule has 43 heavy (non-hydrogen) atoms. The van der Waals surface area contributed by atoms with E-state index in [-0.39, 0.29) is 53.8 Å². The third kappa shape index (κ3) is 9.67. The number of thioether (sulfide) groups is 1. The van der Waals surface area contributed by atoms with Gasteiger partial charge < -0.3 is 29.0 Å². The van der Waals surface area contributed by atoms with Crippen molar-refractivity contribution in [2.45, 2.75) is 84.5 Å². The van der Waals surface area contributed by atoms with Crippen LogP contribution in [0.4, 0.5) is 10.3 Å². The molecule has 1 fully saturated rings. The Bertz CT molecular complexity index is 1350. The number of ether oxygens (including phenoxy) is 3. The lowest BCUT2D eigenvalue weighted by Gasteiger charge is -2.27. The quantitative estimate of drug-likeness (QED) is 0.124. The van der Waals surface area contributed by atoms with Gasteiger partial charge in [0.2, 0.25) is 17.0 Å². The highest BCUT2D eigenvalue weighted by atomic mass is 35.5. The average Bonchev–Trinajstić information content (AvgIpc) is 3.43. The second-order valence-electron chi connectivity index (χ2n) is 11.1. The Balaban J connectivity index is 1.74. The molecule has 13 nitrogen and oxygen atoms in total. The van der Waals surface area contributed by atoms with Crippen LogP contribution in [0.1, 0.15) is 61.1 Å². The normalized spacial score (nSPS) is 22.9. The van der Waals surface area contributed by atoms with Gasteiger partial charge in [-0.2, -0.15) is 9.97 Å². The van der Waals surface area contributed by atoms with Crippen molar-refractivity contribution in [2.24, 2.45) is 5.41 Å². The van der Waals surface area contributed by atoms with Crippen molar-refractivity contribution in [3.8, 4) is 5.88 Å². The molecule has 0 spiro atoms. The SMILES string of the molecule is CCOc1nc(N)nc2c1ncn2C1OC(COP(=S)(NC(C)C(=O)OC(C)C)OCCSC(=O)C(C)(C)C)CC1(F)Cl. The van der Waals surface area contributed by atoms with Crippen LogP contribution in [-0.2, 0) is 39.9 Å². The average molecular weight is 685 g/mol. The summed E-state index contributed by atoms with van der Waals surface area (Å²) in [5.41, 5.74) is 5.76. The first-order valence-electron chi connectivity index (χ1n) is 13.7. The number of alkyl halides is 2. The zero-order valence-electron chi connectivity index (χ0n) is 25.2. The lowest BCUT2D eigenvalue weighted by molar-refractivity contribution is -0.149. The number of nitrogens with one attached hydrogen (secondary N) is 1. The molecule has 18 heteroatoms. The smallest absolute Gasteiger partial charge is 0.323 e. The number of carbonyl (C=O) groups excluding carboxylic acids is 2. The van der Waals surface area contributed by atoms with Gasteiger partial charge in [-0.05, 0) is 39.5 Å². The number of fused-ring (bicyclic) bond motifs is 1. The van der Waals surface area contributed by atoms with E-state index >= 15 is 4.39 Å². The van der Waals surface area contributed by atoms with Crippen LogP contribution in [0.25, 0.3) is 11.2 Å². The minimum atomic E-state index is -3.37. The third-order valence-electron chi connectivity index (χ3n) is 5.80. The highest BCUT2D eigenvalue weighted by molar-refractivity contribution is 8.13. The Morgan fingerprint density at radius 3 is 2.67 bits per heavy atom. The Hall–Kier alpha value is -1.65. The fourth-order valence-electron chi connectivity index (χ4n) is 3.84. The fourth-order valence-corrected chi connectivity index (χ4v) is 7.46. The molecule has 2 aromatic heterocycles. The molecule has 3 heterocycles. The van der Waals surface area contributed by atoms with Crippen LogP contribution in [0, 0.1) is 5.41 Å². The molecule has 0 amide bonds. The number of hydrogen-bond donors (Lipinski definition) is 2. The Morgan fingerprint density at radius 1 is 1.35 bits per heavy atom. The predicted molar refractivity (Wildman–Crippen MR) is 166 cm³/mol. The van der Waals surface area contributed by atoms with E-state index in [1.807, 2.05) is 20.8 Å². The predicted octanol–water partition coefficient (Wildman–Crippen LogP) is 4.49. The molecule has 1 aliphatic heterocycles. The number of anilines is 1. The van der Waals surface area contributed by atoms with Crippen LogP contribution < -0.4 is 15.6 Å². The van der Waals surface area contributed by atoms with Crippen molar-refractivity contribution in [1.82, 2.24) is 24.6 Å². The molecule has 2 aromatic rings. The summed E-state index contributed by atoms with van der Waals surface area (Å²) in [6.45, 7) is 9.04. The number of carbonyl (C=O) groups is 2. The van der Waals surface area contributed by atoms with Gasteiger partial charge in [-0.3, -0.25) is 14.2 Å². The molecule has 0 saturated carbocycles. The van der Waals surface area contributed by atoms with Crippen LogP contribution in [0.15, 0.2) is 6.33 Å². The minimum Gasteiger partial charge on any atom is -0.476 e. The summed E-state index contributed by atoms with van der Waals surface area (Å²) in [5, 5.41) is 0.539.